The summed E-state index contributed by atoms with van der Waals surface area (Å²) >= 11 is 6.40. The molecular formula is C29H40ClN3O4. The Morgan fingerprint density at radius 3 is 2.24 bits per heavy atom. The number of ether oxygens (including phenoxy) is 1. The Morgan fingerprint density at radius 1 is 1.05 bits per heavy atom. The Labute approximate surface area is 225 Å². The molecule has 2 aromatic carbocycles. The van der Waals surface area contributed by atoms with Crippen LogP contribution in [0.3, 0.4) is 0 Å². The molecule has 7 nitrogen and oxygen atoms in total. The van der Waals surface area contributed by atoms with Gasteiger partial charge in [-0.1, -0.05) is 74.3 Å². The normalized spacial score (nSPS) is 13.0. The van der Waals surface area contributed by atoms with E-state index in [0.717, 1.165) is 11.1 Å². The van der Waals surface area contributed by atoms with Crippen LogP contribution in [0.15, 0.2) is 42.5 Å². The molecule has 3 amide bonds. The molecule has 0 aliphatic rings. The molecular weight excluding hydrogens is 490 g/mol. The van der Waals surface area contributed by atoms with Crippen molar-refractivity contribution in [3.05, 3.63) is 64.2 Å². The third-order valence-electron chi connectivity index (χ3n) is 5.74. The molecule has 0 spiro atoms. The molecule has 37 heavy (non-hydrogen) atoms. The number of halogens is 1. The molecule has 2 unspecified atom stereocenters. The maximum atomic E-state index is 14.0. The van der Waals surface area contributed by atoms with Crippen molar-refractivity contribution < 1.29 is 19.1 Å². The summed E-state index contributed by atoms with van der Waals surface area (Å²) in [6.45, 7) is 15.0. The van der Waals surface area contributed by atoms with Gasteiger partial charge in [0.2, 0.25) is 5.91 Å². The van der Waals surface area contributed by atoms with Crippen LogP contribution in [0, 0.1) is 19.8 Å². The number of anilines is 1. The molecule has 2 rings (SSSR count). The van der Waals surface area contributed by atoms with Crippen LogP contribution in [0.1, 0.15) is 70.7 Å². The van der Waals surface area contributed by atoms with Gasteiger partial charge in [-0.25, -0.2) is 4.79 Å². The van der Waals surface area contributed by atoms with E-state index >= 15 is 0 Å². The highest BCUT2D eigenvalue weighted by atomic mass is 35.5. The summed E-state index contributed by atoms with van der Waals surface area (Å²) in [5.41, 5.74) is 2.23. The van der Waals surface area contributed by atoms with Gasteiger partial charge < -0.3 is 20.3 Å². The fourth-order valence-corrected chi connectivity index (χ4v) is 4.30. The van der Waals surface area contributed by atoms with Gasteiger partial charge in [-0.3, -0.25) is 9.59 Å². The van der Waals surface area contributed by atoms with E-state index in [1.807, 2.05) is 71.0 Å². The van der Waals surface area contributed by atoms with Crippen molar-refractivity contribution in [2.24, 2.45) is 5.92 Å². The standard InChI is InChI=1S/C29H40ClN3O4/c1-9-16-33(27(35)23(18(2)3)32-28(36)37-29(6,7)8)25(21-14-10-12-19(4)17-21)26(34)31-24-20(5)13-11-15-22(24)30/h10-15,17-18,23,25H,9,16H2,1-8H3,(H,31,34)(H,32,36). The predicted molar refractivity (Wildman–Crippen MR) is 149 cm³/mol. The highest BCUT2D eigenvalue weighted by Crippen LogP contribution is 2.30. The highest BCUT2D eigenvalue weighted by molar-refractivity contribution is 6.34. The van der Waals surface area contributed by atoms with E-state index in [4.69, 9.17) is 16.3 Å². The zero-order valence-electron chi connectivity index (χ0n) is 23.1. The van der Waals surface area contributed by atoms with Crippen LogP contribution in [0.4, 0.5) is 10.5 Å². The minimum Gasteiger partial charge on any atom is -0.444 e. The summed E-state index contributed by atoms with van der Waals surface area (Å²) in [7, 11) is 0. The Bertz CT molecular complexity index is 1090. The first-order chi connectivity index (χ1) is 17.2. The predicted octanol–water partition coefficient (Wildman–Crippen LogP) is 6.42. The Morgan fingerprint density at radius 2 is 1.70 bits per heavy atom. The summed E-state index contributed by atoms with van der Waals surface area (Å²) < 4.78 is 5.41. The molecule has 0 heterocycles. The number of carbonyl (C=O) groups excluding carboxylic acids is 3. The first-order valence-electron chi connectivity index (χ1n) is 12.7. The number of nitrogens with one attached hydrogen (secondary N) is 2. The number of aryl methyl sites for hydroxylation is 2. The van der Waals surface area contributed by atoms with Gasteiger partial charge in [0, 0.05) is 6.54 Å². The first-order valence-corrected chi connectivity index (χ1v) is 13.1. The van der Waals surface area contributed by atoms with Crippen LogP contribution in [0.2, 0.25) is 5.02 Å². The topological polar surface area (TPSA) is 87.7 Å². The van der Waals surface area contributed by atoms with Gasteiger partial charge in [-0.05, 0) is 64.2 Å². The molecule has 0 saturated carbocycles. The zero-order valence-corrected chi connectivity index (χ0v) is 23.9. The Kier molecular flexibility index (Phi) is 10.6. The van der Waals surface area contributed by atoms with Gasteiger partial charge in [0.1, 0.15) is 17.7 Å². The fourth-order valence-electron chi connectivity index (χ4n) is 4.03. The minimum atomic E-state index is -0.940. The maximum absolute atomic E-state index is 14.0. The molecule has 0 aliphatic heterocycles. The SMILES string of the molecule is CCCN(C(=O)C(NC(=O)OC(C)(C)C)C(C)C)C(C(=O)Nc1c(C)cccc1Cl)c1cccc(C)c1. The van der Waals surface area contributed by atoms with Crippen LogP contribution in [0.25, 0.3) is 0 Å². The Hall–Kier alpha value is -3.06. The zero-order chi connectivity index (χ0) is 27.9. The average molecular weight is 530 g/mol. The van der Waals surface area contributed by atoms with Gasteiger partial charge in [-0.15, -0.1) is 0 Å². The maximum Gasteiger partial charge on any atom is 0.408 e. The summed E-state index contributed by atoms with van der Waals surface area (Å²) in [5.74, 6) is -0.991. The van der Waals surface area contributed by atoms with Crippen LogP contribution >= 0.6 is 11.6 Å². The van der Waals surface area contributed by atoms with Gasteiger partial charge in [0.15, 0.2) is 0 Å². The van der Waals surface area contributed by atoms with Crippen molar-refractivity contribution in [2.75, 3.05) is 11.9 Å². The van der Waals surface area contributed by atoms with Crippen molar-refractivity contribution in [2.45, 2.75) is 79.5 Å². The second-order valence-electron chi connectivity index (χ2n) is 10.6. The smallest absolute Gasteiger partial charge is 0.408 e. The third kappa shape index (κ3) is 8.49. The molecule has 0 fully saturated rings. The summed E-state index contributed by atoms with van der Waals surface area (Å²) in [6, 6.07) is 11.1. The minimum absolute atomic E-state index is 0.244. The third-order valence-corrected chi connectivity index (χ3v) is 6.06. The number of nitrogens with zero attached hydrogens (tertiary/aromatic N) is 1. The van der Waals surface area contributed by atoms with Gasteiger partial charge >= 0.3 is 6.09 Å². The number of hydrogen-bond acceptors (Lipinski definition) is 4. The molecule has 8 heteroatoms. The lowest BCUT2D eigenvalue weighted by atomic mass is 9.97. The van der Waals surface area contributed by atoms with E-state index in [1.54, 1.807) is 26.8 Å². The summed E-state index contributed by atoms with van der Waals surface area (Å²) in [5, 5.41) is 6.10. The highest BCUT2D eigenvalue weighted by Gasteiger charge is 2.37. The number of para-hydroxylation sites is 1. The number of benzene rings is 2. The molecule has 2 aromatic rings. The van der Waals surface area contributed by atoms with Crippen LogP contribution in [0.5, 0.6) is 0 Å². The van der Waals surface area contributed by atoms with Crippen LogP contribution in [-0.4, -0.2) is 41.0 Å². The number of carbonyl (C=O) groups is 3. The van der Waals surface area contributed by atoms with Crippen molar-refractivity contribution in [1.82, 2.24) is 10.2 Å². The molecule has 202 valence electrons. The largest absolute Gasteiger partial charge is 0.444 e. The van der Waals surface area contributed by atoms with E-state index in [2.05, 4.69) is 10.6 Å². The molecule has 0 aliphatic carbocycles. The molecule has 2 atom stereocenters. The van der Waals surface area contributed by atoms with E-state index in [9.17, 15) is 14.4 Å². The molecule has 0 bridgehead atoms. The van der Waals surface area contributed by atoms with Gasteiger partial charge in [0.25, 0.3) is 5.91 Å². The van der Waals surface area contributed by atoms with Crippen LogP contribution < -0.4 is 10.6 Å². The van der Waals surface area contributed by atoms with E-state index < -0.39 is 23.8 Å². The lowest BCUT2D eigenvalue weighted by Crippen LogP contribution is -2.54. The van der Waals surface area contributed by atoms with E-state index in [1.165, 1.54) is 4.90 Å². The van der Waals surface area contributed by atoms with E-state index in [-0.39, 0.29) is 17.7 Å². The number of amides is 3. The number of alkyl carbamates (subject to hydrolysis) is 1. The lowest BCUT2D eigenvalue weighted by Gasteiger charge is -2.35. The van der Waals surface area contributed by atoms with Crippen LogP contribution in [-0.2, 0) is 14.3 Å². The first kappa shape index (κ1) is 30.2. The Balaban J connectivity index is 2.53. The monoisotopic (exact) mass is 529 g/mol. The summed E-state index contributed by atoms with van der Waals surface area (Å²) in [4.78, 5) is 42.0. The molecule has 0 saturated heterocycles. The van der Waals surface area contributed by atoms with Crippen molar-refractivity contribution in [3.8, 4) is 0 Å². The van der Waals surface area contributed by atoms with Gasteiger partial charge in [0.05, 0.1) is 10.7 Å². The van der Waals surface area contributed by atoms with Crippen molar-refractivity contribution >= 4 is 35.2 Å². The average Bonchev–Trinajstić information content (AvgIpc) is 2.78. The van der Waals surface area contributed by atoms with E-state index in [0.29, 0.717) is 29.2 Å². The summed E-state index contributed by atoms with van der Waals surface area (Å²) in [6.07, 6.45) is -0.0665. The second-order valence-corrected chi connectivity index (χ2v) is 11.0. The molecule has 0 radical (unpaired) electrons. The fraction of sp³-hybridized carbons (Fsp3) is 0.483. The molecule has 0 aromatic heterocycles. The van der Waals surface area contributed by atoms with Gasteiger partial charge in [-0.2, -0.15) is 0 Å². The quantitative estimate of drug-likeness (QED) is 0.392. The molecule has 2 N–H and O–H groups in total. The van der Waals surface area contributed by atoms with Crippen molar-refractivity contribution in [1.29, 1.82) is 0 Å². The number of hydrogen-bond donors (Lipinski definition) is 2. The second kappa shape index (κ2) is 13.0. The lowest BCUT2D eigenvalue weighted by molar-refractivity contribution is -0.141. The number of rotatable bonds is 9. The van der Waals surface area contributed by atoms with Crippen molar-refractivity contribution in [3.63, 3.8) is 0 Å².